The molecular weight excluding hydrogens is 401 g/mol. The number of anilines is 1. The van der Waals surface area contributed by atoms with Crippen LogP contribution in [0.5, 0.6) is 0 Å². The summed E-state index contributed by atoms with van der Waals surface area (Å²) in [7, 11) is 1.31. The molecule has 1 amide bonds. The number of carbonyl (C=O) groups excluding carboxylic acids is 1. The van der Waals surface area contributed by atoms with Gasteiger partial charge in [0.2, 0.25) is 0 Å². The zero-order valence-electron chi connectivity index (χ0n) is 15.7. The highest BCUT2D eigenvalue weighted by atomic mass is 19.4. The third-order valence-electron chi connectivity index (χ3n) is 3.76. The summed E-state index contributed by atoms with van der Waals surface area (Å²) >= 11 is 0. The summed E-state index contributed by atoms with van der Waals surface area (Å²) in [6.45, 7) is -1.30. The second kappa shape index (κ2) is 9.07. The van der Waals surface area contributed by atoms with Crippen molar-refractivity contribution in [2.24, 2.45) is 0 Å². The van der Waals surface area contributed by atoms with Gasteiger partial charge in [-0.05, 0) is 18.2 Å². The summed E-state index contributed by atoms with van der Waals surface area (Å²) in [6, 6.07) is 4.90. The van der Waals surface area contributed by atoms with Gasteiger partial charge in [-0.1, -0.05) is 18.2 Å². The number of halogens is 3. The number of aromatic nitrogens is 5. The van der Waals surface area contributed by atoms with Gasteiger partial charge in [-0.15, -0.1) is 0 Å². The fraction of sp³-hybridized carbons (Fsp3) is 0.158. The lowest BCUT2D eigenvalue weighted by atomic mass is 10.2. The first-order valence-corrected chi connectivity index (χ1v) is 8.64. The molecule has 0 unspecified atom stereocenters. The second-order valence-electron chi connectivity index (χ2n) is 6.00. The Kier molecular flexibility index (Phi) is 6.30. The van der Waals surface area contributed by atoms with Crippen LogP contribution >= 0.6 is 0 Å². The molecule has 0 radical (unpaired) electrons. The van der Waals surface area contributed by atoms with E-state index in [4.69, 9.17) is 4.74 Å². The maximum absolute atomic E-state index is 12.8. The highest BCUT2D eigenvalue weighted by Crippen LogP contribution is 2.27. The van der Waals surface area contributed by atoms with Gasteiger partial charge in [0.05, 0.1) is 24.7 Å². The first kappa shape index (κ1) is 20.8. The number of allylic oxidation sites excluding steroid dienone is 2. The van der Waals surface area contributed by atoms with Crippen LogP contribution in [0.2, 0.25) is 0 Å². The van der Waals surface area contributed by atoms with Gasteiger partial charge in [-0.2, -0.15) is 23.4 Å². The Hall–Kier alpha value is -3.89. The van der Waals surface area contributed by atoms with Crippen molar-refractivity contribution >= 4 is 17.7 Å². The van der Waals surface area contributed by atoms with E-state index in [9.17, 15) is 18.0 Å². The molecule has 8 nitrogen and oxygen atoms in total. The molecule has 0 aromatic carbocycles. The number of hydrogen-bond donors (Lipinski definition) is 2. The topological polar surface area (TPSA) is 97.7 Å². The van der Waals surface area contributed by atoms with E-state index in [0.29, 0.717) is 10.4 Å². The van der Waals surface area contributed by atoms with Crippen molar-refractivity contribution in [3.05, 3.63) is 66.5 Å². The molecule has 0 atom stereocenters. The number of amides is 1. The third kappa shape index (κ3) is 5.56. The van der Waals surface area contributed by atoms with Crippen LogP contribution in [-0.2, 0) is 16.1 Å². The Morgan fingerprint density at radius 3 is 2.83 bits per heavy atom. The summed E-state index contributed by atoms with van der Waals surface area (Å²) in [5, 5.41) is 12.9. The number of ether oxygens (including phenoxy) is 1. The van der Waals surface area contributed by atoms with Crippen molar-refractivity contribution in [2.75, 3.05) is 12.4 Å². The number of hydrogen-bond acceptors (Lipinski definition) is 5. The lowest BCUT2D eigenvalue weighted by molar-refractivity contribution is -0.142. The van der Waals surface area contributed by atoms with Gasteiger partial charge >= 0.3 is 6.18 Å². The van der Waals surface area contributed by atoms with E-state index in [1.54, 1.807) is 42.7 Å². The average molecular weight is 418 g/mol. The Morgan fingerprint density at radius 2 is 2.20 bits per heavy atom. The van der Waals surface area contributed by atoms with Crippen molar-refractivity contribution in [3.8, 4) is 11.4 Å². The molecule has 0 spiro atoms. The first-order chi connectivity index (χ1) is 14.4. The van der Waals surface area contributed by atoms with Crippen molar-refractivity contribution < 1.29 is 22.7 Å². The number of methoxy groups -OCH3 is 1. The van der Waals surface area contributed by atoms with E-state index in [2.05, 4.69) is 25.6 Å². The number of rotatable bonds is 7. The summed E-state index contributed by atoms with van der Waals surface area (Å²) < 4.78 is 44.1. The van der Waals surface area contributed by atoms with Gasteiger partial charge in [0, 0.05) is 24.2 Å². The number of alkyl halides is 3. The van der Waals surface area contributed by atoms with Gasteiger partial charge in [0.1, 0.15) is 12.2 Å². The summed E-state index contributed by atoms with van der Waals surface area (Å²) in [5.74, 6) is -0.705. The van der Waals surface area contributed by atoms with E-state index >= 15 is 0 Å². The molecule has 0 saturated carbocycles. The maximum atomic E-state index is 12.8. The number of carbonyl (C=O) groups is 1. The van der Waals surface area contributed by atoms with Crippen LogP contribution in [0, 0.1) is 0 Å². The smallest absolute Gasteiger partial charge is 0.408 e. The van der Waals surface area contributed by atoms with Crippen LogP contribution in [0.25, 0.3) is 17.5 Å². The molecule has 0 bridgehead atoms. The molecule has 0 aliphatic carbocycles. The predicted octanol–water partition coefficient (Wildman–Crippen LogP) is 3.41. The Morgan fingerprint density at radius 1 is 1.37 bits per heavy atom. The van der Waals surface area contributed by atoms with Gasteiger partial charge in [-0.25, -0.2) is 0 Å². The standard InChI is InChI=1S/C19H17F3N6O2/c1-30-16(7-4-5-13-9-24-25-10-13)18(29)26-15-11-28(12-19(20,21)22)27-17(15)14-6-2-3-8-23-14/h2-11H,12H2,1H3,(H,24,25)(H,26,29)/b5-4+,16-7-. The number of nitrogens with one attached hydrogen (secondary N) is 2. The van der Waals surface area contributed by atoms with Gasteiger partial charge in [-0.3, -0.25) is 19.6 Å². The molecular formula is C19H17F3N6O2. The van der Waals surface area contributed by atoms with E-state index in [0.717, 1.165) is 11.8 Å². The van der Waals surface area contributed by atoms with E-state index in [1.807, 2.05) is 0 Å². The van der Waals surface area contributed by atoms with Crippen LogP contribution in [0.4, 0.5) is 18.9 Å². The molecule has 0 saturated heterocycles. The summed E-state index contributed by atoms with van der Waals surface area (Å²) in [4.78, 5) is 16.7. The fourth-order valence-corrected chi connectivity index (χ4v) is 2.49. The molecule has 3 aromatic heterocycles. The first-order valence-electron chi connectivity index (χ1n) is 8.64. The Bertz CT molecular complexity index is 1040. The molecule has 11 heteroatoms. The van der Waals surface area contributed by atoms with Crippen LogP contribution in [0.15, 0.2) is 60.9 Å². The fourth-order valence-electron chi connectivity index (χ4n) is 2.49. The Labute approximate surface area is 169 Å². The number of pyridine rings is 1. The third-order valence-corrected chi connectivity index (χ3v) is 3.76. The van der Waals surface area contributed by atoms with Crippen molar-refractivity contribution in [3.63, 3.8) is 0 Å². The monoisotopic (exact) mass is 418 g/mol. The lowest BCUT2D eigenvalue weighted by Gasteiger charge is -2.07. The molecule has 0 fully saturated rings. The van der Waals surface area contributed by atoms with Crippen LogP contribution in [-0.4, -0.2) is 44.2 Å². The van der Waals surface area contributed by atoms with Crippen LogP contribution < -0.4 is 5.32 Å². The predicted molar refractivity (Wildman–Crippen MR) is 103 cm³/mol. The van der Waals surface area contributed by atoms with Crippen molar-refractivity contribution in [1.82, 2.24) is 25.0 Å². The van der Waals surface area contributed by atoms with Crippen LogP contribution in [0.1, 0.15) is 5.56 Å². The lowest BCUT2D eigenvalue weighted by Crippen LogP contribution is -2.18. The normalized spacial score (nSPS) is 12.3. The van der Waals surface area contributed by atoms with E-state index in [1.165, 1.54) is 19.4 Å². The molecule has 3 heterocycles. The minimum Gasteiger partial charge on any atom is -0.491 e. The molecule has 30 heavy (non-hydrogen) atoms. The summed E-state index contributed by atoms with van der Waals surface area (Å²) in [5.41, 5.74) is 1.28. The van der Waals surface area contributed by atoms with Crippen LogP contribution in [0.3, 0.4) is 0 Å². The van der Waals surface area contributed by atoms with E-state index in [-0.39, 0.29) is 17.1 Å². The second-order valence-corrected chi connectivity index (χ2v) is 6.00. The van der Waals surface area contributed by atoms with E-state index < -0.39 is 18.6 Å². The zero-order chi connectivity index (χ0) is 21.6. The Balaban J connectivity index is 1.85. The highest BCUT2D eigenvalue weighted by molar-refractivity contribution is 6.04. The molecule has 2 N–H and O–H groups in total. The quantitative estimate of drug-likeness (QED) is 0.348. The van der Waals surface area contributed by atoms with Gasteiger partial charge in [0.15, 0.2) is 5.76 Å². The molecule has 3 rings (SSSR count). The van der Waals surface area contributed by atoms with Gasteiger partial charge < -0.3 is 10.1 Å². The summed E-state index contributed by atoms with van der Waals surface area (Å²) in [6.07, 6.45) is 6.05. The van der Waals surface area contributed by atoms with Crippen molar-refractivity contribution in [2.45, 2.75) is 12.7 Å². The minimum atomic E-state index is -4.47. The van der Waals surface area contributed by atoms with Gasteiger partial charge in [0.25, 0.3) is 5.91 Å². The molecule has 0 aliphatic heterocycles. The maximum Gasteiger partial charge on any atom is 0.408 e. The largest absolute Gasteiger partial charge is 0.491 e. The SMILES string of the molecule is CO/C(=C\C=C\c1cn[nH]c1)C(=O)Nc1cn(CC(F)(F)F)nc1-c1ccccn1. The van der Waals surface area contributed by atoms with Crippen molar-refractivity contribution in [1.29, 1.82) is 0 Å². The zero-order valence-corrected chi connectivity index (χ0v) is 15.7. The molecule has 156 valence electrons. The highest BCUT2D eigenvalue weighted by Gasteiger charge is 2.29. The number of aromatic amines is 1. The number of nitrogens with zero attached hydrogens (tertiary/aromatic N) is 4. The minimum absolute atomic E-state index is 0.0507. The number of H-pyrrole nitrogens is 1. The molecule has 0 aliphatic rings. The molecule has 3 aromatic rings. The average Bonchev–Trinajstić information content (AvgIpc) is 3.34.